The molecule has 0 spiro atoms. The molecule has 11 heteroatoms. The van der Waals surface area contributed by atoms with Crippen LogP contribution in [-0.4, -0.2) is 64.1 Å². The number of hydrogen-bond donors (Lipinski definition) is 2. The number of thioether (sulfide) groups is 1. The maximum Gasteiger partial charge on any atom is 0.231 e. The summed E-state index contributed by atoms with van der Waals surface area (Å²) in [5.41, 5.74) is 3.17. The van der Waals surface area contributed by atoms with Crippen molar-refractivity contribution in [2.75, 3.05) is 48.7 Å². The van der Waals surface area contributed by atoms with E-state index >= 15 is 0 Å². The van der Waals surface area contributed by atoms with Gasteiger partial charge in [0.1, 0.15) is 23.0 Å². The normalized spacial score (nSPS) is 14.3. The second-order valence-electron chi connectivity index (χ2n) is 8.67. The van der Waals surface area contributed by atoms with Crippen LogP contribution in [0.2, 0.25) is 0 Å². The van der Waals surface area contributed by atoms with Crippen LogP contribution in [0.5, 0.6) is 0 Å². The fourth-order valence-electron chi connectivity index (χ4n) is 4.23. The van der Waals surface area contributed by atoms with Gasteiger partial charge >= 0.3 is 0 Å². The Kier molecular flexibility index (Phi) is 9.57. The van der Waals surface area contributed by atoms with Crippen LogP contribution >= 0.6 is 11.8 Å². The van der Waals surface area contributed by atoms with Gasteiger partial charge in [-0.3, -0.25) is 4.31 Å². The number of anilines is 2. The predicted molar refractivity (Wildman–Crippen MR) is 143 cm³/mol. The summed E-state index contributed by atoms with van der Waals surface area (Å²) in [5.74, 6) is 1.17. The Morgan fingerprint density at radius 2 is 1.83 bits per heavy atom. The molecule has 1 aliphatic heterocycles. The minimum Gasteiger partial charge on any atom is -0.395 e. The third-order valence-corrected chi connectivity index (χ3v) is 8.59. The molecule has 2 aromatic rings. The first-order valence-corrected chi connectivity index (χ1v) is 14.7. The highest BCUT2D eigenvalue weighted by molar-refractivity contribution is 7.98. The van der Waals surface area contributed by atoms with E-state index < -0.39 is 10.0 Å². The number of aliphatic hydroxyl groups is 1. The number of nitriles is 2. The van der Waals surface area contributed by atoms with Crippen molar-refractivity contribution < 1.29 is 13.5 Å². The lowest BCUT2D eigenvalue weighted by Crippen LogP contribution is -2.44. The Balaban J connectivity index is 1.85. The monoisotopic (exact) mass is 528 g/mol. The van der Waals surface area contributed by atoms with Gasteiger partial charge in [-0.25, -0.2) is 13.4 Å². The summed E-state index contributed by atoms with van der Waals surface area (Å²) in [4.78, 5) is 6.94. The molecule has 9 nitrogen and oxygen atoms in total. The molecule has 1 aliphatic rings. The van der Waals surface area contributed by atoms with Crippen molar-refractivity contribution in [3.05, 3.63) is 46.5 Å². The first-order valence-electron chi connectivity index (χ1n) is 11.8. The topological polar surface area (TPSA) is 133 Å². The predicted octanol–water partition coefficient (Wildman–Crippen LogP) is 2.63. The average Bonchev–Trinajstić information content (AvgIpc) is 2.89. The molecule has 0 unspecified atom stereocenters. The average molecular weight is 529 g/mol. The SMILES string of the molecule is CCc1c(C#N)c(SCc2ccc(N(C)S(C)(=O)=O)cc2)nc(N2CCC(NCCO)CC2)c1C#N. The van der Waals surface area contributed by atoms with Crippen LogP contribution in [0.3, 0.4) is 0 Å². The Morgan fingerprint density at radius 1 is 1.19 bits per heavy atom. The van der Waals surface area contributed by atoms with Gasteiger partial charge in [0.15, 0.2) is 0 Å². The second kappa shape index (κ2) is 12.4. The molecule has 1 aromatic carbocycles. The summed E-state index contributed by atoms with van der Waals surface area (Å²) in [5, 5.41) is 32.9. The summed E-state index contributed by atoms with van der Waals surface area (Å²) >= 11 is 1.44. The Labute approximate surface area is 217 Å². The molecule has 2 N–H and O–H groups in total. The Hall–Kier alpha value is -2.83. The number of benzene rings is 1. The third-order valence-electron chi connectivity index (χ3n) is 6.34. The fraction of sp³-hybridized carbons (Fsp3) is 0.480. The first kappa shape index (κ1) is 27.8. The molecule has 0 bridgehead atoms. The molecule has 0 atom stereocenters. The van der Waals surface area contributed by atoms with Crippen LogP contribution in [0.15, 0.2) is 29.3 Å². The van der Waals surface area contributed by atoms with E-state index in [4.69, 9.17) is 10.1 Å². The first-order chi connectivity index (χ1) is 17.2. The molecule has 0 aliphatic carbocycles. The number of aliphatic hydroxyl groups excluding tert-OH is 1. The summed E-state index contributed by atoms with van der Waals surface area (Å²) in [6.07, 6.45) is 3.47. The molecule has 1 fully saturated rings. The smallest absolute Gasteiger partial charge is 0.231 e. The summed E-state index contributed by atoms with van der Waals surface area (Å²) in [7, 11) is -1.82. The number of sulfonamides is 1. The minimum absolute atomic E-state index is 0.105. The minimum atomic E-state index is -3.34. The van der Waals surface area contributed by atoms with E-state index in [1.807, 2.05) is 19.1 Å². The zero-order chi connectivity index (χ0) is 26.3. The largest absolute Gasteiger partial charge is 0.395 e. The van der Waals surface area contributed by atoms with Gasteiger partial charge in [-0.15, -0.1) is 11.8 Å². The van der Waals surface area contributed by atoms with E-state index in [9.17, 15) is 18.9 Å². The highest BCUT2D eigenvalue weighted by Crippen LogP contribution is 2.34. The molecule has 1 aromatic heterocycles. The number of pyridine rings is 1. The lowest BCUT2D eigenvalue weighted by Gasteiger charge is -2.34. The summed E-state index contributed by atoms with van der Waals surface area (Å²) in [6, 6.07) is 12.1. The van der Waals surface area contributed by atoms with Gasteiger partial charge in [0, 0.05) is 38.5 Å². The molecular weight excluding hydrogens is 496 g/mol. The lowest BCUT2D eigenvalue weighted by molar-refractivity contribution is 0.277. The molecule has 192 valence electrons. The van der Waals surface area contributed by atoms with Crippen LogP contribution in [-0.2, 0) is 22.2 Å². The van der Waals surface area contributed by atoms with E-state index in [0.29, 0.717) is 52.4 Å². The highest BCUT2D eigenvalue weighted by Gasteiger charge is 2.26. The van der Waals surface area contributed by atoms with E-state index in [2.05, 4.69) is 22.4 Å². The van der Waals surface area contributed by atoms with Crippen molar-refractivity contribution in [3.63, 3.8) is 0 Å². The zero-order valence-electron chi connectivity index (χ0n) is 20.9. The Bertz CT molecular complexity index is 1240. The Morgan fingerprint density at radius 3 is 2.36 bits per heavy atom. The van der Waals surface area contributed by atoms with Gasteiger partial charge in [-0.2, -0.15) is 10.5 Å². The van der Waals surface area contributed by atoms with Gasteiger partial charge in [-0.05, 0) is 42.5 Å². The molecule has 3 rings (SSSR count). The van der Waals surface area contributed by atoms with Crippen LogP contribution < -0.4 is 14.5 Å². The number of rotatable bonds is 10. The van der Waals surface area contributed by atoms with Crippen molar-refractivity contribution in [1.29, 1.82) is 10.5 Å². The molecule has 0 radical (unpaired) electrons. The molecule has 36 heavy (non-hydrogen) atoms. The van der Waals surface area contributed by atoms with Gasteiger partial charge < -0.3 is 15.3 Å². The third kappa shape index (κ3) is 6.48. The molecule has 1 saturated heterocycles. The van der Waals surface area contributed by atoms with Gasteiger partial charge in [-0.1, -0.05) is 19.1 Å². The van der Waals surface area contributed by atoms with Gasteiger partial charge in [0.2, 0.25) is 10.0 Å². The quantitative estimate of drug-likeness (QED) is 0.446. The van der Waals surface area contributed by atoms with Crippen molar-refractivity contribution >= 4 is 33.3 Å². The van der Waals surface area contributed by atoms with Crippen LogP contribution in [0.1, 0.15) is 42.0 Å². The second-order valence-corrected chi connectivity index (χ2v) is 11.6. The van der Waals surface area contributed by atoms with E-state index in [1.54, 1.807) is 12.1 Å². The molecular formula is C25H32N6O3S2. The van der Waals surface area contributed by atoms with Crippen molar-refractivity contribution in [3.8, 4) is 12.1 Å². The number of piperidine rings is 1. The maximum atomic E-state index is 11.8. The summed E-state index contributed by atoms with van der Waals surface area (Å²) in [6.45, 7) is 4.08. The number of nitrogens with one attached hydrogen (secondary N) is 1. The van der Waals surface area contributed by atoms with E-state index in [-0.39, 0.29) is 6.61 Å². The van der Waals surface area contributed by atoms with E-state index in [0.717, 1.165) is 43.3 Å². The van der Waals surface area contributed by atoms with Gasteiger partial charge in [0.05, 0.1) is 29.7 Å². The van der Waals surface area contributed by atoms with Crippen molar-refractivity contribution in [1.82, 2.24) is 10.3 Å². The highest BCUT2D eigenvalue weighted by atomic mass is 32.2. The van der Waals surface area contributed by atoms with Crippen LogP contribution in [0.25, 0.3) is 0 Å². The standard InChI is InChI=1S/C25H32N6O3S2/c1-4-21-22(15-26)24(31-12-9-19(10-13-31)28-11-14-32)29-25(23(21)16-27)35-17-18-5-7-20(8-6-18)30(2)36(3,33)34/h5-8,19,28,32H,4,9-14,17H2,1-3H3. The fourth-order valence-corrected chi connectivity index (χ4v) is 5.69. The van der Waals surface area contributed by atoms with Crippen LogP contribution in [0, 0.1) is 22.7 Å². The maximum absolute atomic E-state index is 11.8. The van der Waals surface area contributed by atoms with Crippen molar-refractivity contribution in [2.45, 2.75) is 43.0 Å². The van der Waals surface area contributed by atoms with Gasteiger partial charge in [0.25, 0.3) is 0 Å². The lowest BCUT2D eigenvalue weighted by atomic mass is 10.00. The molecule has 2 heterocycles. The van der Waals surface area contributed by atoms with Crippen LogP contribution in [0.4, 0.5) is 11.5 Å². The zero-order valence-corrected chi connectivity index (χ0v) is 22.5. The van der Waals surface area contributed by atoms with E-state index in [1.165, 1.54) is 23.1 Å². The number of hydrogen-bond acceptors (Lipinski definition) is 9. The molecule has 0 amide bonds. The number of aromatic nitrogens is 1. The number of nitrogens with zero attached hydrogens (tertiary/aromatic N) is 5. The molecule has 0 saturated carbocycles. The summed E-state index contributed by atoms with van der Waals surface area (Å²) < 4.78 is 24.8. The van der Waals surface area contributed by atoms with Crippen molar-refractivity contribution in [2.24, 2.45) is 0 Å².